The second-order valence-corrected chi connectivity index (χ2v) is 5.61. The Morgan fingerprint density at radius 3 is 2.67 bits per heavy atom. The first-order valence-corrected chi connectivity index (χ1v) is 7.48. The lowest BCUT2D eigenvalue weighted by molar-refractivity contribution is 0.399. The lowest BCUT2D eigenvalue weighted by Crippen LogP contribution is -2.01. The third-order valence-corrected chi connectivity index (χ3v) is 4.01. The monoisotopic (exact) mass is 343 g/mol. The Labute approximate surface area is 140 Å². The van der Waals surface area contributed by atoms with Crippen molar-refractivity contribution in [3.05, 3.63) is 46.9 Å². The first-order chi connectivity index (χ1) is 11.6. The Kier molecular flexibility index (Phi) is 3.31. The highest BCUT2D eigenvalue weighted by atomic mass is 35.5. The number of imidazole rings is 1. The van der Waals surface area contributed by atoms with Crippen LogP contribution in [0, 0.1) is 12.7 Å². The molecule has 3 heterocycles. The maximum atomic E-state index is 13.4. The Morgan fingerprint density at radius 2 is 1.92 bits per heavy atom. The fourth-order valence-corrected chi connectivity index (χ4v) is 2.82. The van der Waals surface area contributed by atoms with E-state index in [0.717, 1.165) is 0 Å². The fraction of sp³-hybridized carbons (Fsp3) is 0.125. The molecule has 24 heavy (non-hydrogen) atoms. The van der Waals surface area contributed by atoms with E-state index in [9.17, 15) is 4.39 Å². The second kappa shape index (κ2) is 5.38. The predicted octanol–water partition coefficient (Wildman–Crippen LogP) is 3.45. The van der Waals surface area contributed by atoms with E-state index in [-0.39, 0.29) is 5.02 Å². The number of hydrogen-bond donors (Lipinski definition) is 0. The molecule has 4 rings (SSSR count). The summed E-state index contributed by atoms with van der Waals surface area (Å²) < 4.78 is 20.3. The molecule has 3 aromatic heterocycles. The summed E-state index contributed by atoms with van der Waals surface area (Å²) in [5, 5.41) is 8.64. The van der Waals surface area contributed by atoms with Crippen molar-refractivity contribution in [2.24, 2.45) is 0 Å². The van der Waals surface area contributed by atoms with Crippen molar-refractivity contribution in [2.45, 2.75) is 6.92 Å². The van der Waals surface area contributed by atoms with Crippen molar-refractivity contribution in [3.8, 4) is 17.3 Å². The first-order valence-electron chi connectivity index (χ1n) is 7.10. The molecule has 1 aromatic carbocycles. The molecule has 0 bridgehead atoms. The van der Waals surface area contributed by atoms with Gasteiger partial charge in [-0.1, -0.05) is 11.6 Å². The van der Waals surface area contributed by atoms with Gasteiger partial charge in [0.15, 0.2) is 11.3 Å². The van der Waals surface area contributed by atoms with Gasteiger partial charge in [-0.2, -0.15) is 4.98 Å². The Balaban J connectivity index is 2.14. The highest BCUT2D eigenvalue weighted by Gasteiger charge is 2.18. The van der Waals surface area contributed by atoms with E-state index in [1.165, 1.54) is 19.2 Å². The van der Waals surface area contributed by atoms with E-state index in [1.54, 1.807) is 22.6 Å². The number of rotatable bonds is 2. The van der Waals surface area contributed by atoms with Crippen molar-refractivity contribution in [1.29, 1.82) is 0 Å². The Hall–Kier alpha value is -2.80. The zero-order valence-electron chi connectivity index (χ0n) is 12.8. The van der Waals surface area contributed by atoms with Crippen LogP contribution in [-0.2, 0) is 0 Å². The summed E-state index contributed by atoms with van der Waals surface area (Å²) in [7, 11) is 1.54. The van der Waals surface area contributed by atoms with Crippen molar-refractivity contribution < 1.29 is 9.13 Å². The number of methoxy groups -OCH3 is 1. The van der Waals surface area contributed by atoms with Crippen molar-refractivity contribution in [2.75, 3.05) is 7.11 Å². The summed E-state index contributed by atoms with van der Waals surface area (Å²) in [5.41, 5.74) is 2.93. The number of ether oxygens (including phenoxy) is 1. The molecule has 0 amide bonds. The Morgan fingerprint density at radius 1 is 1.08 bits per heavy atom. The van der Waals surface area contributed by atoms with Gasteiger partial charge in [0.05, 0.1) is 17.8 Å². The number of aryl methyl sites for hydroxylation is 1. The van der Waals surface area contributed by atoms with Crippen LogP contribution < -0.4 is 4.74 Å². The van der Waals surface area contributed by atoms with Gasteiger partial charge in [0, 0.05) is 11.6 Å². The zero-order chi connectivity index (χ0) is 16.8. The van der Waals surface area contributed by atoms with Crippen molar-refractivity contribution >= 4 is 28.4 Å². The van der Waals surface area contributed by atoms with Gasteiger partial charge in [0.25, 0.3) is 0 Å². The van der Waals surface area contributed by atoms with Crippen LogP contribution in [0.4, 0.5) is 4.39 Å². The van der Waals surface area contributed by atoms with Gasteiger partial charge in [0.2, 0.25) is 5.88 Å². The average Bonchev–Trinajstić information content (AvgIpc) is 2.91. The van der Waals surface area contributed by atoms with Gasteiger partial charge in [-0.3, -0.25) is 4.40 Å². The maximum Gasteiger partial charge on any atom is 0.215 e. The maximum absolute atomic E-state index is 13.4. The largest absolute Gasteiger partial charge is 0.481 e. The molecule has 0 saturated carbocycles. The molecule has 0 saturated heterocycles. The van der Waals surface area contributed by atoms with Gasteiger partial charge < -0.3 is 4.74 Å². The molecule has 0 aliphatic heterocycles. The van der Waals surface area contributed by atoms with Crippen LogP contribution in [0.25, 0.3) is 28.2 Å². The molecule has 8 heteroatoms. The van der Waals surface area contributed by atoms with Crippen LogP contribution in [0.2, 0.25) is 5.02 Å². The molecule has 0 unspecified atom stereocenters. The number of aromatic nitrogens is 5. The molecule has 0 N–H and O–H groups in total. The summed E-state index contributed by atoms with van der Waals surface area (Å²) in [6.07, 6.45) is 0. The fourth-order valence-electron chi connectivity index (χ4n) is 2.57. The third-order valence-electron chi connectivity index (χ3n) is 3.70. The highest BCUT2D eigenvalue weighted by Crippen LogP contribution is 2.30. The van der Waals surface area contributed by atoms with Gasteiger partial charge in [-0.25, -0.2) is 9.37 Å². The Bertz CT molecular complexity index is 1090. The molecule has 120 valence electrons. The first kappa shape index (κ1) is 14.8. The SMILES string of the molecule is COc1ccc2nnc3c(C)nc(-c4ccc(F)cc4Cl)n3c2n1. The third kappa shape index (κ3) is 2.16. The summed E-state index contributed by atoms with van der Waals surface area (Å²) in [6.45, 7) is 1.82. The molecule has 0 atom stereocenters. The minimum absolute atomic E-state index is 0.259. The number of pyridine rings is 1. The molecule has 6 nitrogen and oxygen atoms in total. The smallest absolute Gasteiger partial charge is 0.215 e. The lowest BCUT2D eigenvalue weighted by atomic mass is 10.2. The standard InChI is InChI=1S/C16H11ClFN5O/c1-8-14-22-21-12-5-6-13(24-2)20-16(12)23(14)15(19-8)10-4-3-9(18)7-11(10)17/h3-7H,1-2H3. The number of hydrogen-bond acceptors (Lipinski definition) is 5. The van der Waals surface area contributed by atoms with E-state index in [0.29, 0.717) is 39.8 Å². The number of fused-ring (bicyclic) bond motifs is 3. The molecular weight excluding hydrogens is 333 g/mol. The van der Waals surface area contributed by atoms with E-state index in [2.05, 4.69) is 20.2 Å². The summed E-state index contributed by atoms with van der Waals surface area (Å²) in [6, 6.07) is 7.63. The second-order valence-electron chi connectivity index (χ2n) is 5.20. The molecular formula is C16H11ClFN5O. The van der Waals surface area contributed by atoms with Crippen LogP contribution >= 0.6 is 11.6 Å². The number of halogens is 2. The van der Waals surface area contributed by atoms with E-state index < -0.39 is 5.82 Å². The normalized spacial score (nSPS) is 11.3. The summed E-state index contributed by atoms with van der Waals surface area (Å²) >= 11 is 6.21. The van der Waals surface area contributed by atoms with E-state index in [1.807, 2.05) is 6.92 Å². The molecule has 0 radical (unpaired) electrons. The van der Waals surface area contributed by atoms with Gasteiger partial charge in [0.1, 0.15) is 17.2 Å². The topological polar surface area (TPSA) is 65.2 Å². The van der Waals surface area contributed by atoms with Crippen molar-refractivity contribution in [3.63, 3.8) is 0 Å². The van der Waals surface area contributed by atoms with Crippen LogP contribution in [0.15, 0.2) is 30.3 Å². The minimum Gasteiger partial charge on any atom is -0.481 e. The molecule has 4 aromatic rings. The number of nitrogens with zero attached hydrogens (tertiary/aromatic N) is 5. The zero-order valence-corrected chi connectivity index (χ0v) is 13.5. The quantitative estimate of drug-likeness (QED) is 0.557. The predicted molar refractivity (Wildman–Crippen MR) is 87.8 cm³/mol. The highest BCUT2D eigenvalue weighted by molar-refractivity contribution is 6.33. The molecule has 0 spiro atoms. The molecule has 0 aliphatic carbocycles. The molecule has 0 fully saturated rings. The van der Waals surface area contributed by atoms with Gasteiger partial charge in [-0.05, 0) is 31.2 Å². The van der Waals surface area contributed by atoms with E-state index >= 15 is 0 Å². The molecule has 0 aliphatic rings. The van der Waals surface area contributed by atoms with Crippen molar-refractivity contribution in [1.82, 2.24) is 24.6 Å². The van der Waals surface area contributed by atoms with E-state index in [4.69, 9.17) is 16.3 Å². The summed E-state index contributed by atoms with van der Waals surface area (Å²) in [5.74, 6) is 0.554. The minimum atomic E-state index is -0.411. The summed E-state index contributed by atoms with van der Waals surface area (Å²) in [4.78, 5) is 8.98. The van der Waals surface area contributed by atoms with Crippen LogP contribution in [0.5, 0.6) is 5.88 Å². The van der Waals surface area contributed by atoms with Crippen LogP contribution in [0.1, 0.15) is 5.69 Å². The lowest BCUT2D eigenvalue weighted by Gasteiger charge is -2.07. The van der Waals surface area contributed by atoms with Gasteiger partial charge >= 0.3 is 0 Å². The van der Waals surface area contributed by atoms with Gasteiger partial charge in [-0.15, -0.1) is 10.2 Å². The van der Waals surface area contributed by atoms with Crippen LogP contribution in [-0.4, -0.2) is 31.7 Å². The average molecular weight is 344 g/mol. The van der Waals surface area contributed by atoms with Crippen LogP contribution in [0.3, 0.4) is 0 Å². The number of benzene rings is 1.